The van der Waals surface area contributed by atoms with Gasteiger partial charge >= 0.3 is 0 Å². The molecule has 26 heavy (non-hydrogen) atoms. The van der Waals surface area contributed by atoms with Gasteiger partial charge in [-0.15, -0.1) is 5.10 Å². The first-order chi connectivity index (χ1) is 12.6. The molecule has 3 aromatic rings. The predicted molar refractivity (Wildman–Crippen MR) is 103 cm³/mol. The Morgan fingerprint density at radius 1 is 1.08 bits per heavy atom. The first-order valence-corrected chi connectivity index (χ1v) is 9.05. The van der Waals surface area contributed by atoms with Crippen LogP contribution >= 0.6 is 0 Å². The highest BCUT2D eigenvalue weighted by Gasteiger charge is 2.28. The minimum Gasteiger partial charge on any atom is -0.307 e. The zero-order valence-electron chi connectivity index (χ0n) is 15.3. The SMILES string of the molecule is CCC(=O)N1Cc2ccccc2-c2c(nnn2C(C)C)-c2ccccc21. The average molecular weight is 346 g/mol. The van der Waals surface area contributed by atoms with Crippen molar-refractivity contribution in [3.8, 4) is 22.5 Å². The highest BCUT2D eigenvalue weighted by molar-refractivity contribution is 6.00. The molecule has 0 bridgehead atoms. The number of hydrogen-bond acceptors (Lipinski definition) is 3. The summed E-state index contributed by atoms with van der Waals surface area (Å²) in [6.07, 6.45) is 0.460. The molecule has 0 aliphatic carbocycles. The maximum Gasteiger partial charge on any atom is 0.227 e. The van der Waals surface area contributed by atoms with Gasteiger partial charge < -0.3 is 4.90 Å². The summed E-state index contributed by atoms with van der Waals surface area (Å²) >= 11 is 0. The molecule has 0 unspecified atom stereocenters. The molecule has 0 fully saturated rings. The molecule has 5 nitrogen and oxygen atoms in total. The summed E-state index contributed by atoms with van der Waals surface area (Å²) < 4.78 is 1.97. The van der Waals surface area contributed by atoms with Crippen molar-refractivity contribution in [1.82, 2.24) is 15.0 Å². The number of para-hydroxylation sites is 1. The van der Waals surface area contributed by atoms with Gasteiger partial charge in [-0.3, -0.25) is 4.79 Å². The number of amides is 1. The van der Waals surface area contributed by atoms with Crippen molar-refractivity contribution in [2.45, 2.75) is 39.8 Å². The molecule has 0 saturated carbocycles. The van der Waals surface area contributed by atoms with Crippen molar-refractivity contribution in [2.24, 2.45) is 0 Å². The smallest absolute Gasteiger partial charge is 0.227 e. The van der Waals surface area contributed by atoms with Crippen LogP contribution in [-0.2, 0) is 11.3 Å². The normalized spacial score (nSPS) is 12.8. The molecule has 2 heterocycles. The fourth-order valence-electron chi connectivity index (χ4n) is 3.55. The van der Waals surface area contributed by atoms with Gasteiger partial charge in [0, 0.05) is 23.6 Å². The van der Waals surface area contributed by atoms with Crippen molar-refractivity contribution < 1.29 is 4.79 Å². The van der Waals surface area contributed by atoms with Gasteiger partial charge in [0.2, 0.25) is 5.91 Å². The number of benzene rings is 2. The zero-order chi connectivity index (χ0) is 18.3. The van der Waals surface area contributed by atoms with Crippen LogP contribution in [0.3, 0.4) is 0 Å². The summed E-state index contributed by atoms with van der Waals surface area (Å²) in [7, 11) is 0. The second-order valence-electron chi connectivity index (χ2n) is 6.83. The van der Waals surface area contributed by atoms with Crippen LogP contribution in [0.4, 0.5) is 5.69 Å². The fraction of sp³-hybridized carbons (Fsp3) is 0.286. The number of anilines is 1. The first-order valence-electron chi connectivity index (χ1n) is 9.05. The molecule has 5 heteroatoms. The summed E-state index contributed by atoms with van der Waals surface area (Å²) in [4.78, 5) is 14.6. The van der Waals surface area contributed by atoms with E-state index in [0.717, 1.165) is 33.8 Å². The molecule has 2 aromatic carbocycles. The van der Waals surface area contributed by atoms with Gasteiger partial charge in [-0.2, -0.15) is 0 Å². The van der Waals surface area contributed by atoms with E-state index in [9.17, 15) is 4.79 Å². The first kappa shape index (κ1) is 16.5. The molecule has 132 valence electrons. The van der Waals surface area contributed by atoms with E-state index in [0.29, 0.717) is 13.0 Å². The number of nitrogens with zero attached hydrogens (tertiary/aromatic N) is 4. The van der Waals surface area contributed by atoms with Crippen LogP contribution in [0, 0.1) is 0 Å². The minimum atomic E-state index is 0.104. The van der Waals surface area contributed by atoms with Gasteiger partial charge in [-0.1, -0.05) is 54.6 Å². The van der Waals surface area contributed by atoms with E-state index in [1.807, 2.05) is 52.9 Å². The average Bonchev–Trinajstić information content (AvgIpc) is 3.09. The van der Waals surface area contributed by atoms with Crippen molar-refractivity contribution >= 4 is 11.6 Å². The molecular formula is C21H22N4O. The number of carbonyl (C=O) groups excluding carboxylic acids is 1. The van der Waals surface area contributed by atoms with Crippen molar-refractivity contribution in [1.29, 1.82) is 0 Å². The molecule has 0 N–H and O–H groups in total. The Labute approximate surface area is 153 Å². The van der Waals surface area contributed by atoms with E-state index in [1.54, 1.807) is 0 Å². The molecule has 0 atom stereocenters. The fourth-order valence-corrected chi connectivity index (χ4v) is 3.55. The largest absolute Gasteiger partial charge is 0.307 e. The second kappa shape index (κ2) is 6.41. The maximum atomic E-state index is 12.7. The van der Waals surface area contributed by atoms with E-state index in [1.165, 1.54) is 0 Å². The number of aromatic nitrogens is 3. The lowest BCUT2D eigenvalue weighted by Gasteiger charge is -2.28. The van der Waals surface area contributed by atoms with Crippen LogP contribution in [0.5, 0.6) is 0 Å². The zero-order valence-corrected chi connectivity index (χ0v) is 15.3. The van der Waals surface area contributed by atoms with Crippen molar-refractivity contribution in [2.75, 3.05) is 4.90 Å². The lowest BCUT2D eigenvalue weighted by molar-refractivity contribution is -0.118. The van der Waals surface area contributed by atoms with Crippen LogP contribution in [0.25, 0.3) is 22.5 Å². The minimum absolute atomic E-state index is 0.104. The van der Waals surface area contributed by atoms with E-state index < -0.39 is 0 Å². The third-order valence-corrected chi connectivity index (χ3v) is 4.84. The van der Waals surface area contributed by atoms with E-state index in [2.05, 4.69) is 36.3 Å². The van der Waals surface area contributed by atoms with Gasteiger partial charge in [0.25, 0.3) is 0 Å². The van der Waals surface area contributed by atoms with E-state index >= 15 is 0 Å². The maximum absolute atomic E-state index is 12.7. The molecule has 0 spiro atoms. The third kappa shape index (κ3) is 2.51. The van der Waals surface area contributed by atoms with Gasteiger partial charge in [-0.25, -0.2) is 4.68 Å². The summed E-state index contributed by atoms with van der Waals surface area (Å²) in [6, 6.07) is 16.4. The van der Waals surface area contributed by atoms with Crippen LogP contribution in [0.15, 0.2) is 48.5 Å². The van der Waals surface area contributed by atoms with Crippen LogP contribution in [0.1, 0.15) is 38.8 Å². The molecule has 0 radical (unpaired) electrons. The number of hydrogen-bond donors (Lipinski definition) is 0. The molecule has 1 amide bonds. The third-order valence-electron chi connectivity index (χ3n) is 4.84. The monoisotopic (exact) mass is 346 g/mol. The Hall–Kier alpha value is -2.95. The topological polar surface area (TPSA) is 51.0 Å². The van der Waals surface area contributed by atoms with Gasteiger partial charge in [-0.05, 0) is 25.5 Å². The van der Waals surface area contributed by atoms with Gasteiger partial charge in [0.15, 0.2) is 0 Å². The van der Waals surface area contributed by atoms with Crippen LogP contribution in [-0.4, -0.2) is 20.9 Å². The Morgan fingerprint density at radius 2 is 1.77 bits per heavy atom. The lowest BCUT2D eigenvalue weighted by Crippen LogP contribution is -2.31. The molecular weight excluding hydrogens is 324 g/mol. The summed E-state index contributed by atoms with van der Waals surface area (Å²) in [5.41, 5.74) is 5.89. The predicted octanol–water partition coefficient (Wildman–Crippen LogP) is 4.45. The Morgan fingerprint density at radius 3 is 2.50 bits per heavy atom. The van der Waals surface area contributed by atoms with E-state index in [4.69, 9.17) is 0 Å². The summed E-state index contributed by atoms with van der Waals surface area (Å²) in [5, 5.41) is 8.95. The molecule has 1 aliphatic heterocycles. The summed E-state index contributed by atoms with van der Waals surface area (Å²) in [6.45, 7) is 6.66. The standard InChI is InChI=1S/C21H22N4O/c1-4-19(26)24-13-15-9-5-6-10-16(15)21-20(22-23-25(21)14(2)3)17-11-7-8-12-18(17)24/h5-12,14H,4,13H2,1-3H3. The number of fused-ring (bicyclic) bond motifs is 5. The van der Waals surface area contributed by atoms with Crippen LogP contribution in [0.2, 0.25) is 0 Å². The Balaban J connectivity index is 2.07. The summed E-state index contributed by atoms with van der Waals surface area (Å²) in [5.74, 6) is 0.104. The molecule has 0 saturated heterocycles. The number of carbonyl (C=O) groups is 1. The molecule has 1 aliphatic rings. The van der Waals surface area contributed by atoms with Gasteiger partial charge in [0.1, 0.15) is 5.69 Å². The Bertz CT molecular complexity index is 974. The Kier molecular flexibility index (Phi) is 4.07. The molecule has 4 rings (SSSR count). The van der Waals surface area contributed by atoms with Gasteiger partial charge in [0.05, 0.1) is 17.9 Å². The quantitative estimate of drug-likeness (QED) is 0.689. The highest BCUT2D eigenvalue weighted by atomic mass is 16.2. The van der Waals surface area contributed by atoms with Crippen LogP contribution < -0.4 is 4.90 Å². The lowest BCUT2D eigenvalue weighted by atomic mass is 9.95. The van der Waals surface area contributed by atoms with E-state index in [-0.39, 0.29) is 11.9 Å². The van der Waals surface area contributed by atoms with Crippen molar-refractivity contribution in [3.05, 3.63) is 54.1 Å². The highest BCUT2D eigenvalue weighted by Crippen LogP contribution is 2.41. The number of rotatable bonds is 2. The van der Waals surface area contributed by atoms with Crippen molar-refractivity contribution in [3.63, 3.8) is 0 Å². The molecule has 1 aromatic heterocycles. The second-order valence-corrected chi connectivity index (χ2v) is 6.83.